The third-order valence-electron chi connectivity index (χ3n) is 4.36. The molecule has 2 saturated heterocycles. The standard InChI is InChI=1S/C15H21N3O.ClH/c1-12-2-4-13(5-3-12)17-14(19)18-9-7-15(11-18)6-8-16-10-15;/h2-5,16H,6-11H2,1H3,(H,17,19);1H. The number of urea groups is 1. The molecular weight excluding hydrogens is 274 g/mol. The zero-order valence-corrected chi connectivity index (χ0v) is 12.6. The molecule has 2 heterocycles. The van der Waals surface area contributed by atoms with Crippen molar-refractivity contribution >= 4 is 24.1 Å². The Balaban J connectivity index is 0.00000147. The molecule has 5 heteroatoms. The summed E-state index contributed by atoms with van der Waals surface area (Å²) in [5, 5.41) is 6.40. The fraction of sp³-hybridized carbons (Fsp3) is 0.533. The number of hydrogen-bond acceptors (Lipinski definition) is 2. The normalized spacial score (nSPS) is 24.8. The van der Waals surface area contributed by atoms with Gasteiger partial charge in [-0.15, -0.1) is 12.4 Å². The number of likely N-dealkylation sites (tertiary alicyclic amines) is 1. The molecule has 2 aliphatic rings. The molecule has 20 heavy (non-hydrogen) atoms. The van der Waals surface area contributed by atoms with Crippen molar-refractivity contribution in [2.75, 3.05) is 31.5 Å². The Morgan fingerprint density at radius 1 is 1.30 bits per heavy atom. The molecule has 2 fully saturated rings. The number of amides is 2. The third kappa shape index (κ3) is 3.07. The number of carbonyl (C=O) groups excluding carboxylic acids is 1. The van der Waals surface area contributed by atoms with Gasteiger partial charge in [-0.25, -0.2) is 4.79 Å². The summed E-state index contributed by atoms with van der Waals surface area (Å²) in [5.74, 6) is 0. The lowest BCUT2D eigenvalue weighted by Gasteiger charge is -2.23. The molecule has 0 saturated carbocycles. The molecule has 0 radical (unpaired) electrons. The lowest BCUT2D eigenvalue weighted by molar-refractivity contribution is 0.215. The number of hydrogen-bond donors (Lipinski definition) is 2. The monoisotopic (exact) mass is 295 g/mol. The highest BCUT2D eigenvalue weighted by molar-refractivity contribution is 5.89. The van der Waals surface area contributed by atoms with E-state index in [1.807, 2.05) is 36.1 Å². The van der Waals surface area contributed by atoms with Crippen LogP contribution in [0.2, 0.25) is 0 Å². The number of anilines is 1. The number of nitrogens with zero attached hydrogens (tertiary/aromatic N) is 1. The third-order valence-corrected chi connectivity index (χ3v) is 4.36. The fourth-order valence-electron chi connectivity index (χ4n) is 3.09. The van der Waals surface area contributed by atoms with E-state index in [0.717, 1.165) is 38.3 Å². The summed E-state index contributed by atoms with van der Waals surface area (Å²) in [5.41, 5.74) is 2.42. The quantitative estimate of drug-likeness (QED) is 0.836. The van der Waals surface area contributed by atoms with Gasteiger partial charge in [0.1, 0.15) is 0 Å². The van der Waals surface area contributed by atoms with E-state index in [1.54, 1.807) is 0 Å². The van der Waals surface area contributed by atoms with Crippen LogP contribution in [-0.2, 0) is 0 Å². The summed E-state index contributed by atoms with van der Waals surface area (Å²) < 4.78 is 0. The highest BCUT2D eigenvalue weighted by Crippen LogP contribution is 2.36. The van der Waals surface area contributed by atoms with Crippen molar-refractivity contribution in [3.05, 3.63) is 29.8 Å². The lowest BCUT2D eigenvalue weighted by atomic mass is 9.87. The molecule has 110 valence electrons. The van der Waals surface area contributed by atoms with Gasteiger partial charge in [0.2, 0.25) is 0 Å². The van der Waals surface area contributed by atoms with Crippen molar-refractivity contribution < 1.29 is 4.79 Å². The van der Waals surface area contributed by atoms with E-state index in [0.29, 0.717) is 5.41 Å². The average Bonchev–Trinajstić information content (AvgIpc) is 3.03. The number of rotatable bonds is 1. The SMILES string of the molecule is Cc1ccc(NC(=O)N2CCC3(CCNC3)C2)cc1.Cl. The zero-order chi connectivity index (χ0) is 13.3. The van der Waals surface area contributed by atoms with Crippen LogP contribution in [0.15, 0.2) is 24.3 Å². The highest BCUT2D eigenvalue weighted by Gasteiger charge is 2.41. The number of halogens is 1. The minimum Gasteiger partial charge on any atom is -0.324 e. The average molecular weight is 296 g/mol. The van der Waals surface area contributed by atoms with Gasteiger partial charge in [0.05, 0.1) is 0 Å². The Bertz CT molecular complexity index is 469. The van der Waals surface area contributed by atoms with Gasteiger partial charge in [-0.3, -0.25) is 0 Å². The van der Waals surface area contributed by atoms with Gasteiger partial charge in [0.15, 0.2) is 0 Å². The maximum atomic E-state index is 12.2. The van der Waals surface area contributed by atoms with Crippen molar-refractivity contribution in [1.82, 2.24) is 10.2 Å². The van der Waals surface area contributed by atoms with Crippen LogP contribution < -0.4 is 10.6 Å². The first kappa shape index (κ1) is 15.1. The Labute approximate surface area is 126 Å². The van der Waals surface area contributed by atoms with E-state index in [1.165, 1.54) is 12.0 Å². The Kier molecular flexibility index (Phi) is 4.55. The molecule has 3 rings (SSSR count). The predicted octanol–water partition coefficient (Wildman–Crippen LogP) is 2.63. The fourth-order valence-corrected chi connectivity index (χ4v) is 3.09. The molecule has 1 unspecified atom stereocenters. The van der Waals surface area contributed by atoms with E-state index < -0.39 is 0 Å². The predicted molar refractivity (Wildman–Crippen MR) is 83.6 cm³/mol. The number of carbonyl (C=O) groups is 1. The largest absolute Gasteiger partial charge is 0.324 e. The first-order chi connectivity index (χ1) is 9.17. The van der Waals surface area contributed by atoms with Crippen LogP contribution in [-0.4, -0.2) is 37.1 Å². The van der Waals surface area contributed by atoms with Gasteiger partial charge in [-0.2, -0.15) is 0 Å². The maximum absolute atomic E-state index is 12.2. The molecule has 2 N–H and O–H groups in total. The van der Waals surface area contributed by atoms with Gasteiger partial charge in [0, 0.05) is 30.7 Å². The second-order valence-corrected chi connectivity index (χ2v) is 5.89. The van der Waals surface area contributed by atoms with Crippen molar-refractivity contribution in [3.8, 4) is 0 Å². The summed E-state index contributed by atoms with van der Waals surface area (Å²) in [6, 6.07) is 7.98. The molecule has 2 amide bonds. The van der Waals surface area contributed by atoms with Crippen molar-refractivity contribution in [3.63, 3.8) is 0 Å². The van der Waals surface area contributed by atoms with Gasteiger partial charge in [-0.1, -0.05) is 17.7 Å². The molecule has 2 aliphatic heterocycles. The Morgan fingerprint density at radius 3 is 2.70 bits per heavy atom. The molecule has 1 aromatic rings. The van der Waals surface area contributed by atoms with Crippen LogP contribution >= 0.6 is 12.4 Å². The van der Waals surface area contributed by atoms with Crippen LogP contribution in [0.5, 0.6) is 0 Å². The van der Waals surface area contributed by atoms with Crippen LogP contribution in [0.1, 0.15) is 18.4 Å². The van der Waals surface area contributed by atoms with Gasteiger partial charge in [-0.05, 0) is 38.4 Å². The molecule has 1 spiro atoms. The second kappa shape index (κ2) is 6.02. The summed E-state index contributed by atoms with van der Waals surface area (Å²) in [7, 11) is 0. The topological polar surface area (TPSA) is 44.4 Å². The number of nitrogens with one attached hydrogen (secondary N) is 2. The lowest BCUT2D eigenvalue weighted by Crippen LogP contribution is -2.36. The van der Waals surface area contributed by atoms with Crippen molar-refractivity contribution in [2.24, 2.45) is 5.41 Å². The van der Waals surface area contributed by atoms with Crippen molar-refractivity contribution in [2.45, 2.75) is 19.8 Å². The molecule has 1 atom stereocenters. The Hall–Kier alpha value is -1.26. The maximum Gasteiger partial charge on any atom is 0.321 e. The first-order valence-electron chi connectivity index (χ1n) is 7.00. The minimum absolute atomic E-state index is 0. The molecular formula is C15H22ClN3O. The number of benzene rings is 1. The molecule has 4 nitrogen and oxygen atoms in total. The first-order valence-corrected chi connectivity index (χ1v) is 7.00. The summed E-state index contributed by atoms with van der Waals surface area (Å²) >= 11 is 0. The molecule has 0 aliphatic carbocycles. The van der Waals surface area contributed by atoms with Gasteiger partial charge < -0.3 is 15.5 Å². The van der Waals surface area contributed by atoms with Gasteiger partial charge >= 0.3 is 6.03 Å². The Morgan fingerprint density at radius 2 is 2.05 bits per heavy atom. The summed E-state index contributed by atoms with van der Waals surface area (Å²) in [4.78, 5) is 14.2. The van der Waals surface area contributed by atoms with E-state index in [4.69, 9.17) is 0 Å². The van der Waals surface area contributed by atoms with Crippen molar-refractivity contribution in [1.29, 1.82) is 0 Å². The molecule has 0 aromatic heterocycles. The smallest absolute Gasteiger partial charge is 0.321 e. The zero-order valence-electron chi connectivity index (χ0n) is 11.8. The van der Waals surface area contributed by atoms with Crippen LogP contribution in [0.25, 0.3) is 0 Å². The molecule has 0 bridgehead atoms. The summed E-state index contributed by atoms with van der Waals surface area (Å²) in [6.07, 6.45) is 2.32. The van der Waals surface area contributed by atoms with Crippen LogP contribution in [0.4, 0.5) is 10.5 Å². The van der Waals surface area contributed by atoms with E-state index >= 15 is 0 Å². The minimum atomic E-state index is 0. The second-order valence-electron chi connectivity index (χ2n) is 5.89. The summed E-state index contributed by atoms with van der Waals surface area (Å²) in [6.45, 7) is 5.95. The van der Waals surface area contributed by atoms with Gasteiger partial charge in [0.25, 0.3) is 0 Å². The number of aryl methyl sites for hydroxylation is 1. The van der Waals surface area contributed by atoms with E-state index in [9.17, 15) is 4.79 Å². The van der Waals surface area contributed by atoms with E-state index in [-0.39, 0.29) is 18.4 Å². The van der Waals surface area contributed by atoms with E-state index in [2.05, 4.69) is 10.6 Å². The molecule has 1 aromatic carbocycles. The van der Waals surface area contributed by atoms with Crippen LogP contribution in [0.3, 0.4) is 0 Å². The highest BCUT2D eigenvalue weighted by atomic mass is 35.5. The van der Waals surface area contributed by atoms with Crippen LogP contribution in [0, 0.1) is 12.3 Å².